The predicted molar refractivity (Wildman–Crippen MR) is 95.0 cm³/mol. The number of carbonyl (C=O) groups is 1. The average molecular weight is 334 g/mol. The Balaban J connectivity index is 2.10. The van der Waals surface area contributed by atoms with Gasteiger partial charge in [0.25, 0.3) is 0 Å². The van der Waals surface area contributed by atoms with Crippen molar-refractivity contribution >= 4 is 5.91 Å². The maximum Gasteiger partial charge on any atom is 0.226 e. The van der Waals surface area contributed by atoms with E-state index in [9.17, 15) is 4.79 Å². The first-order chi connectivity index (χ1) is 11.4. The highest BCUT2D eigenvalue weighted by atomic mass is 16.5. The van der Waals surface area contributed by atoms with E-state index in [0.717, 1.165) is 25.4 Å². The molecule has 0 radical (unpaired) electrons. The summed E-state index contributed by atoms with van der Waals surface area (Å²) in [6.45, 7) is 7.11. The number of ether oxygens (including phenoxy) is 2. The van der Waals surface area contributed by atoms with Crippen molar-refractivity contribution in [1.29, 1.82) is 0 Å². The van der Waals surface area contributed by atoms with E-state index in [1.165, 1.54) is 5.56 Å². The second-order valence-corrected chi connectivity index (χ2v) is 7.02. The highest BCUT2D eigenvalue weighted by Crippen LogP contribution is 2.29. The van der Waals surface area contributed by atoms with E-state index in [4.69, 9.17) is 9.47 Å². The summed E-state index contributed by atoms with van der Waals surface area (Å²) >= 11 is 0. The van der Waals surface area contributed by atoms with E-state index < -0.39 is 0 Å². The molecule has 0 unspecified atom stereocenters. The van der Waals surface area contributed by atoms with E-state index in [2.05, 4.69) is 11.0 Å². The number of rotatable bonds is 7. The molecule has 1 aromatic carbocycles. The zero-order valence-electron chi connectivity index (χ0n) is 15.5. The van der Waals surface area contributed by atoms with Crippen molar-refractivity contribution in [2.75, 3.05) is 40.9 Å². The number of nitrogens with zero attached hydrogens (tertiary/aromatic N) is 2. The first-order valence-corrected chi connectivity index (χ1v) is 8.59. The molecule has 5 nitrogen and oxygen atoms in total. The number of carbonyl (C=O) groups excluding carboxylic acids is 1. The molecule has 1 saturated heterocycles. The number of hydrogen-bond donors (Lipinski definition) is 0. The largest absolute Gasteiger partial charge is 0.491 e. The van der Waals surface area contributed by atoms with E-state index in [0.29, 0.717) is 6.61 Å². The molecule has 0 aromatic heterocycles. The van der Waals surface area contributed by atoms with Crippen LogP contribution >= 0.6 is 0 Å². The van der Waals surface area contributed by atoms with Crippen molar-refractivity contribution in [3.8, 4) is 5.75 Å². The number of hydrogen-bond acceptors (Lipinski definition) is 4. The Hall–Kier alpha value is -1.59. The summed E-state index contributed by atoms with van der Waals surface area (Å²) in [4.78, 5) is 16.5. The molecule has 1 heterocycles. The molecular formula is C19H30N2O3. The van der Waals surface area contributed by atoms with Crippen molar-refractivity contribution in [3.05, 3.63) is 29.8 Å². The lowest BCUT2D eigenvalue weighted by molar-refractivity contribution is -0.134. The van der Waals surface area contributed by atoms with Gasteiger partial charge < -0.3 is 14.4 Å². The summed E-state index contributed by atoms with van der Waals surface area (Å²) in [5.41, 5.74) is 1.17. The van der Waals surface area contributed by atoms with Crippen LogP contribution in [0.4, 0.5) is 0 Å². The van der Waals surface area contributed by atoms with Gasteiger partial charge in [-0.3, -0.25) is 9.69 Å². The van der Waals surface area contributed by atoms with E-state index in [1.54, 1.807) is 12.0 Å². The van der Waals surface area contributed by atoms with Crippen LogP contribution in [0, 0.1) is 11.8 Å². The smallest absolute Gasteiger partial charge is 0.226 e. The Bertz CT molecular complexity index is 545. The Morgan fingerprint density at radius 3 is 2.62 bits per heavy atom. The first kappa shape index (κ1) is 18.7. The molecule has 1 aliphatic heterocycles. The predicted octanol–water partition coefficient (Wildman–Crippen LogP) is 2.26. The standard InChI is InChI=1S/C19H30N2O3/c1-14(2)24-18-9-7-6-8-15(18)10-21-11-16(13-23-5)17(12-21)19(22)20(3)4/h6-9,14,16-17H,10-13H2,1-5H3/t16-,17+/m0/s1. The third-order valence-electron chi connectivity index (χ3n) is 4.38. The molecule has 2 rings (SSSR count). The summed E-state index contributed by atoms with van der Waals surface area (Å²) in [5, 5.41) is 0. The van der Waals surface area contributed by atoms with Crippen LogP contribution in [-0.4, -0.2) is 62.7 Å². The second-order valence-electron chi connectivity index (χ2n) is 7.02. The van der Waals surface area contributed by atoms with Crippen LogP contribution in [0.3, 0.4) is 0 Å². The van der Waals surface area contributed by atoms with Crippen molar-refractivity contribution in [3.63, 3.8) is 0 Å². The zero-order valence-corrected chi connectivity index (χ0v) is 15.5. The molecular weight excluding hydrogens is 304 g/mol. The highest BCUT2D eigenvalue weighted by molar-refractivity contribution is 5.79. The number of amides is 1. The van der Waals surface area contributed by atoms with Gasteiger partial charge in [0.2, 0.25) is 5.91 Å². The SMILES string of the molecule is COC[C@@H]1CN(Cc2ccccc2OC(C)C)C[C@H]1C(=O)N(C)C. The van der Waals surface area contributed by atoms with Crippen molar-refractivity contribution in [2.24, 2.45) is 11.8 Å². The van der Waals surface area contributed by atoms with Crippen LogP contribution in [0.15, 0.2) is 24.3 Å². The molecule has 1 amide bonds. The number of likely N-dealkylation sites (tertiary alicyclic amines) is 1. The summed E-state index contributed by atoms with van der Waals surface area (Å²) in [6, 6.07) is 8.15. The molecule has 0 saturated carbocycles. The molecule has 2 atom stereocenters. The van der Waals surface area contributed by atoms with Crippen LogP contribution in [0.1, 0.15) is 19.4 Å². The summed E-state index contributed by atoms with van der Waals surface area (Å²) < 4.78 is 11.3. The lowest BCUT2D eigenvalue weighted by Gasteiger charge is -2.21. The van der Waals surface area contributed by atoms with Crippen molar-refractivity contribution in [2.45, 2.75) is 26.5 Å². The second kappa shape index (κ2) is 8.49. The monoisotopic (exact) mass is 334 g/mol. The van der Waals surface area contributed by atoms with Crippen molar-refractivity contribution in [1.82, 2.24) is 9.80 Å². The van der Waals surface area contributed by atoms with Gasteiger partial charge >= 0.3 is 0 Å². The summed E-state index contributed by atoms with van der Waals surface area (Å²) in [5.74, 6) is 1.35. The minimum absolute atomic E-state index is 0.00173. The van der Waals surface area contributed by atoms with Gasteiger partial charge in [-0.25, -0.2) is 0 Å². The van der Waals surface area contributed by atoms with Gasteiger partial charge in [0.05, 0.1) is 18.6 Å². The lowest BCUT2D eigenvalue weighted by atomic mass is 9.96. The molecule has 0 aliphatic carbocycles. The van der Waals surface area contributed by atoms with Gasteiger partial charge in [-0.1, -0.05) is 18.2 Å². The molecule has 0 N–H and O–H groups in total. The van der Waals surface area contributed by atoms with Crippen LogP contribution < -0.4 is 4.74 Å². The minimum atomic E-state index is -0.00173. The first-order valence-electron chi connectivity index (χ1n) is 8.59. The molecule has 5 heteroatoms. The fourth-order valence-corrected chi connectivity index (χ4v) is 3.33. The molecule has 1 aliphatic rings. The molecule has 134 valence electrons. The maximum atomic E-state index is 12.5. The van der Waals surface area contributed by atoms with Crippen LogP contribution in [-0.2, 0) is 16.1 Å². The van der Waals surface area contributed by atoms with Gasteiger partial charge in [-0.15, -0.1) is 0 Å². The van der Waals surface area contributed by atoms with Gasteiger partial charge in [-0.2, -0.15) is 0 Å². The van der Waals surface area contributed by atoms with E-state index in [-0.39, 0.29) is 23.8 Å². The number of para-hydroxylation sites is 1. The third-order valence-corrected chi connectivity index (χ3v) is 4.38. The quantitative estimate of drug-likeness (QED) is 0.767. The van der Waals surface area contributed by atoms with Crippen LogP contribution in [0.5, 0.6) is 5.75 Å². The fraction of sp³-hybridized carbons (Fsp3) is 0.632. The fourth-order valence-electron chi connectivity index (χ4n) is 3.33. The Labute approximate surface area is 145 Å². The van der Waals surface area contributed by atoms with Crippen molar-refractivity contribution < 1.29 is 14.3 Å². The Morgan fingerprint density at radius 1 is 1.29 bits per heavy atom. The summed E-state index contributed by atoms with van der Waals surface area (Å²) in [7, 11) is 5.34. The van der Waals surface area contributed by atoms with Crippen LogP contribution in [0.2, 0.25) is 0 Å². The minimum Gasteiger partial charge on any atom is -0.491 e. The van der Waals surface area contributed by atoms with Crippen LogP contribution in [0.25, 0.3) is 0 Å². The zero-order chi connectivity index (χ0) is 17.7. The Morgan fingerprint density at radius 2 is 2.00 bits per heavy atom. The van der Waals surface area contributed by atoms with Gasteiger partial charge in [0.1, 0.15) is 5.75 Å². The topological polar surface area (TPSA) is 42.0 Å². The number of benzene rings is 1. The molecule has 24 heavy (non-hydrogen) atoms. The van der Waals surface area contributed by atoms with E-state index >= 15 is 0 Å². The number of methoxy groups -OCH3 is 1. The van der Waals surface area contributed by atoms with E-state index in [1.807, 2.05) is 46.1 Å². The molecule has 0 spiro atoms. The molecule has 1 fully saturated rings. The Kier molecular flexibility index (Phi) is 6.63. The molecule has 0 bridgehead atoms. The normalized spacial score (nSPS) is 21.2. The van der Waals surface area contributed by atoms with Gasteiger partial charge in [0.15, 0.2) is 0 Å². The molecule has 1 aromatic rings. The highest BCUT2D eigenvalue weighted by Gasteiger charge is 2.38. The summed E-state index contributed by atoms with van der Waals surface area (Å²) in [6.07, 6.45) is 0.147. The third kappa shape index (κ3) is 4.71. The lowest BCUT2D eigenvalue weighted by Crippen LogP contribution is -2.35. The van der Waals surface area contributed by atoms with Gasteiger partial charge in [-0.05, 0) is 19.9 Å². The maximum absolute atomic E-state index is 12.5. The van der Waals surface area contributed by atoms with Gasteiger partial charge in [0, 0.05) is 52.3 Å². The average Bonchev–Trinajstić information content (AvgIpc) is 2.91.